The molecular weight excluding hydrogens is 336 g/mol. The van der Waals surface area contributed by atoms with Crippen LogP contribution in [0.4, 0.5) is 5.69 Å². The number of carbonyl (C=O) groups is 2. The second-order valence-corrected chi connectivity index (χ2v) is 6.29. The van der Waals surface area contributed by atoms with Gasteiger partial charge in [0.1, 0.15) is 18.3 Å². The van der Waals surface area contributed by atoms with Crippen molar-refractivity contribution in [1.82, 2.24) is 4.90 Å². The summed E-state index contributed by atoms with van der Waals surface area (Å²) in [7, 11) is 1.58. The van der Waals surface area contributed by atoms with Crippen LogP contribution in [0.25, 0.3) is 0 Å². The predicted octanol–water partition coefficient (Wildman–Crippen LogP) is 2.19. The number of methoxy groups -OCH3 is 1. The van der Waals surface area contributed by atoms with Gasteiger partial charge in [0.25, 0.3) is 0 Å². The molecule has 1 aromatic carbocycles. The molecular formula is C15H17BrN2O3. The number of anilines is 1. The number of amides is 2. The predicted molar refractivity (Wildman–Crippen MR) is 82.4 cm³/mol. The smallest absolute Gasteiger partial charge is 0.250 e. The van der Waals surface area contributed by atoms with Gasteiger partial charge in [0.05, 0.1) is 7.11 Å². The Morgan fingerprint density at radius 3 is 2.81 bits per heavy atom. The molecule has 3 rings (SSSR count). The summed E-state index contributed by atoms with van der Waals surface area (Å²) >= 11 is 3.41. The first-order valence-corrected chi connectivity index (χ1v) is 7.85. The van der Waals surface area contributed by atoms with Gasteiger partial charge >= 0.3 is 0 Å². The van der Waals surface area contributed by atoms with Gasteiger partial charge < -0.3 is 14.5 Å². The standard InChI is InChI=1S/C15H17BrN2O3/c1-21-12-7-10(16)6-11(8-12)18-9-14(19)17-5-3-2-4-13(17)15(18)20/h6-8,13H,2-5,9H2,1H3. The van der Waals surface area contributed by atoms with Gasteiger partial charge in [-0.15, -0.1) is 0 Å². The van der Waals surface area contributed by atoms with Crippen molar-refractivity contribution in [3.63, 3.8) is 0 Å². The van der Waals surface area contributed by atoms with Crippen LogP contribution < -0.4 is 9.64 Å². The molecule has 0 bridgehead atoms. The lowest BCUT2D eigenvalue weighted by Gasteiger charge is -2.42. The maximum atomic E-state index is 12.7. The highest BCUT2D eigenvalue weighted by Crippen LogP contribution is 2.31. The summed E-state index contributed by atoms with van der Waals surface area (Å²) in [4.78, 5) is 28.3. The van der Waals surface area contributed by atoms with Crippen LogP contribution in [0.1, 0.15) is 19.3 Å². The molecule has 5 nitrogen and oxygen atoms in total. The molecule has 2 heterocycles. The molecule has 2 fully saturated rings. The molecule has 21 heavy (non-hydrogen) atoms. The summed E-state index contributed by atoms with van der Waals surface area (Å²) in [6.07, 6.45) is 2.74. The van der Waals surface area contributed by atoms with E-state index in [-0.39, 0.29) is 24.4 Å². The number of piperidine rings is 1. The first kappa shape index (κ1) is 14.4. The lowest BCUT2D eigenvalue weighted by molar-refractivity contribution is -0.144. The molecule has 0 spiro atoms. The van der Waals surface area contributed by atoms with Crippen molar-refractivity contribution >= 4 is 33.4 Å². The van der Waals surface area contributed by atoms with Gasteiger partial charge in [0.15, 0.2) is 0 Å². The molecule has 0 aromatic heterocycles. The van der Waals surface area contributed by atoms with E-state index >= 15 is 0 Å². The Hall–Kier alpha value is -1.56. The average Bonchev–Trinajstić information content (AvgIpc) is 2.50. The van der Waals surface area contributed by atoms with Crippen LogP contribution in [-0.2, 0) is 9.59 Å². The highest BCUT2D eigenvalue weighted by atomic mass is 79.9. The maximum absolute atomic E-state index is 12.7. The van der Waals surface area contributed by atoms with E-state index in [2.05, 4.69) is 15.9 Å². The van der Waals surface area contributed by atoms with Crippen LogP contribution in [0, 0.1) is 0 Å². The number of ether oxygens (including phenoxy) is 1. The van der Waals surface area contributed by atoms with Crippen molar-refractivity contribution in [1.29, 1.82) is 0 Å². The SMILES string of the molecule is COc1cc(Br)cc(N2CC(=O)N3CCCCC3C2=O)c1. The Bertz CT molecular complexity index is 590. The highest BCUT2D eigenvalue weighted by Gasteiger charge is 2.41. The summed E-state index contributed by atoms with van der Waals surface area (Å²) in [6.45, 7) is 0.805. The monoisotopic (exact) mass is 352 g/mol. The summed E-state index contributed by atoms with van der Waals surface area (Å²) in [5.74, 6) is 0.693. The second kappa shape index (κ2) is 5.67. The van der Waals surface area contributed by atoms with E-state index in [1.54, 1.807) is 23.0 Å². The topological polar surface area (TPSA) is 49.9 Å². The molecule has 2 saturated heterocycles. The van der Waals surface area contributed by atoms with Gasteiger partial charge in [0.2, 0.25) is 11.8 Å². The first-order chi connectivity index (χ1) is 10.1. The van der Waals surface area contributed by atoms with Gasteiger partial charge in [-0.1, -0.05) is 15.9 Å². The van der Waals surface area contributed by atoms with E-state index in [9.17, 15) is 9.59 Å². The Kier molecular flexibility index (Phi) is 3.89. The number of hydrogen-bond acceptors (Lipinski definition) is 3. The van der Waals surface area contributed by atoms with Crippen LogP contribution in [-0.4, -0.2) is 43.0 Å². The molecule has 0 aliphatic carbocycles. The normalized spacial score (nSPS) is 22.3. The summed E-state index contributed by atoms with van der Waals surface area (Å²) in [6, 6.07) is 5.15. The highest BCUT2D eigenvalue weighted by molar-refractivity contribution is 9.10. The number of benzene rings is 1. The van der Waals surface area contributed by atoms with E-state index in [1.165, 1.54) is 0 Å². The minimum absolute atomic E-state index is 0.00875. The number of fused-ring (bicyclic) bond motifs is 1. The van der Waals surface area contributed by atoms with Gasteiger partial charge in [-0.05, 0) is 31.4 Å². The van der Waals surface area contributed by atoms with Crippen molar-refractivity contribution in [2.24, 2.45) is 0 Å². The van der Waals surface area contributed by atoms with E-state index in [4.69, 9.17) is 4.74 Å². The molecule has 2 aliphatic rings. The molecule has 1 unspecified atom stereocenters. The Morgan fingerprint density at radius 1 is 1.24 bits per heavy atom. The minimum atomic E-state index is -0.301. The van der Waals surface area contributed by atoms with E-state index in [0.29, 0.717) is 18.0 Å². The zero-order valence-corrected chi connectivity index (χ0v) is 13.4. The number of rotatable bonds is 2. The second-order valence-electron chi connectivity index (χ2n) is 5.37. The lowest BCUT2D eigenvalue weighted by atomic mass is 9.98. The number of piperazine rings is 1. The fourth-order valence-corrected chi connectivity index (χ4v) is 3.47. The van der Waals surface area contributed by atoms with Crippen LogP contribution in [0.2, 0.25) is 0 Å². The van der Waals surface area contributed by atoms with Gasteiger partial charge in [0, 0.05) is 22.8 Å². The lowest BCUT2D eigenvalue weighted by Crippen LogP contribution is -2.61. The molecule has 2 aliphatic heterocycles. The van der Waals surface area contributed by atoms with Crippen molar-refractivity contribution in [2.45, 2.75) is 25.3 Å². The molecule has 6 heteroatoms. The molecule has 112 valence electrons. The van der Waals surface area contributed by atoms with E-state index in [1.807, 2.05) is 12.1 Å². The van der Waals surface area contributed by atoms with E-state index in [0.717, 1.165) is 23.7 Å². The Balaban J connectivity index is 1.93. The van der Waals surface area contributed by atoms with Crippen LogP contribution in [0.5, 0.6) is 5.75 Å². The fourth-order valence-electron chi connectivity index (χ4n) is 3.01. The summed E-state index contributed by atoms with van der Waals surface area (Å²) in [5.41, 5.74) is 0.699. The third-order valence-corrected chi connectivity index (χ3v) is 4.53. The maximum Gasteiger partial charge on any atom is 0.250 e. The summed E-state index contributed by atoms with van der Waals surface area (Å²) in [5, 5.41) is 0. The van der Waals surface area contributed by atoms with E-state index < -0.39 is 0 Å². The largest absolute Gasteiger partial charge is 0.497 e. The molecule has 0 saturated carbocycles. The number of nitrogens with zero attached hydrogens (tertiary/aromatic N) is 2. The van der Waals surface area contributed by atoms with Crippen molar-refractivity contribution in [3.8, 4) is 5.75 Å². The third-order valence-electron chi connectivity index (χ3n) is 4.07. The zero-order valence-electron chi connectivity index (χ0n) is 11.8. The Morgan fingerprint density at radius 2 is 2.05 bits per heavy atom. The third kappa shape index (κ3) is 2.64. The van der Waals surface area contributed by atoms with Gasteiger partial charge in [-0.3, -0.25) is 9.59 Å². The quantitative estimate of drug-likeness (QED) is 0.819. The average molecular weight is 353 g/mol. The summed E-state index contributed by atoms with van der Waals surface area (Å²) < 4.78 is 6.05. The molecule has 0 N–H and O–H groups in total. The number of carbonyl (C=O) groups excluding carboxylic acids is 2. The fraction of sp³-hybridized carbons (Fsp3) is 0.467. The molecule has 0 radical (unpaired) electrons. The Labute approximate surface area is 132 Å². The van der Waals surface area contributed by atoms with Crippen molar-refractivity contribution < 1.29 is 14.3 Å². The first-order valence-electron chi connectivity index (χ1n) is 7.05. The van der Waals surface area contributed by atoms with Gasteiger partial charge in [-0.2, -0.15) is 0 Å². The molecule has 1 aromatic rings. The minimum Gasteiger partial charge on any atom is -0.497 e. The number of hydrogen-bond donors (Lipinski definition) is 0. The van der Waals surface area contributed by atoms with Crippen molar-refractivity contribution in [2.75, 3.05) is 25.1 Å². The molecule has 2 amide bonds. The van der Waals surface area contributed by atoms with Crippen LogP contribution in [0.3, 0.4) is 0 Å². The number of halogens is 1. The van der Waals surface area contributed by atoms with Crippen LogP contribution in [0.15, 0.2) is 22.7 Å². The molecule has 1 atom stereocenters. The zero-order chi connectivity index (χ0) is 15.0. The van der Waals surface area contributed by atoms with Crippen LogP contribution >= 0.6 is 15.9 Å². The van der Waals surface area contributed by atoms with Gasteiger partial charge in [-0.25, -0.2) is 0 Å². The van der Waals surface area contributed by atoms with Crippen molar-refractivity contribution in [3.05, 3.63) is 22.7 Å².